The molecule has 1 rings (SSSR count). The van der Waals surface area contributed by atoms with Gasteiger partial charge in [-0.1, -0.05) is 26.0 Å². The van der Waals surface area contributed by atoms with Crippen molar-refractivity contribution < 1.29 is 4.74 Å². The van der Waals surface area contributed by atoms with Gasteiger partial charge in [0.15, 0.2) is 0 Å². The van der Waals surface area contributed by atoms with Gasteiger partial charge in [0.1, 0.15) is 5.75 Å². The maximum atomic E-state index is 5.63. The largest absolute Gasteiger partial charge is 0.491 e. The van der Waals surface area contributed by atoms with Gasteiger partial charge in [0.2, 0.25) is 0 Å². The summed E-state index contributed by atoms with van der Waals surface area (Å²) >= 11 is 0. The van der Waals surface area contributed by atoms with Gasteiger partial charge in [-0.25, -0.2) is 0 Å². The van der Waals surface area contributed by atoms with Gasteiger partial charge >= 0.3 is 0 Å². The van der Waals surface area contributed by atoms with Crippen LogP contribution in [0.3, 0.4) is 0 Å². The van der Waals surface area contributed by atoms with E-state index in [1.165, 1.54) is 0 Å². The summed E-state index contributed by atoms with van der Waals surface area (Å²) in [5.41, 5.74) is 4.62. The topological polar surface area (TPSA) is 47.3 Å². The number of para-hydroxylation sites is 1. The van der Waals surface area contributed by atoms with E-state index in [-0.39, 0.29) is 0 Å². The Bertz CT molecular complexity index is 297. The molecule has 3 heteroatoms. The highest BCUT2D eigenvalue weighted by Crippen LogP contribution is 2.27. The van der Waals surface area contributed by atoms with Gasteiger partial charge < -0.3 is 10.2 Å². The molecule has 78 valence electrons. The van der Waals surface area contributed by atoms with E-state index in [9.17, 15) is 0 Å². The molecular formula is C11H18N2O. The third-order valence-corrected chi connectivity index (χ3v) is 1.95. The van der Waals surface area contributed by atoms with E-state index in [1.54, 1.807) is 0 Å². The van der Waals surface area contributed by atoms with Gasteiger partial charge in [-0.15, -0.1) is 0 Å². The Labute approximate surface area is 85.2 Å². The fraction of sp³-hybridized carbons (Fsp3) is 0.455. The summed E-state index contributed by atoms with van der Waals surface area (Å²) in [4.78, 5) is 0. The minimum atomic E-state index is 0.515. The molecule has 0 saturated heterocycles. The number of hydrogen-bond acceptors (Lipinski definition) is 3. The number of benzene rings is 1. The van der Waals surface area contributed by atoms with E-state index in [2.05, 4.69) is 19.3 Å². The van der Waals surface area contributed by atoms with Crippen molar-refractivity contribution in [3.63, 3.8) is 0 Å². The van der Waals surface area contributed by atoms with Crippen molar-refractivity contribution in [3.05, 3.63) is 23.8 Å². The number of nitrogen functional groups attached to an aromatic ring is 1. The average Bonchev–Trinajstić information content (AvgIpc) is 2.14. The van der Waals surface area contributed by atoms with Crippen LogP contribution in [0.4, 0.5) is 5.69 Å². The third kappa shape index (κ3) is 2.64. The van der Waals surface area contributed by atoms with Crippen molar-refractivity contribution in [1.29, 1.82) is 0 Å². The Morgan fingerprint density at radius 2 is 2.14 bits per heavy atom. The molecule has 0 heterocycles. The molecule has 14 heavy (non-hydrogen) atoms. The van der Waals surface area contributed by atoms with Crippen molar-refractivity contribution in [1.82, 2.24) is 0 Å². The molecule has 0 fully saturated rings. The summed E-state index contributed by atoms with van der Waals surface area (Å²) in [6.45, 7) is 6.94. The lowest BCUT2D eigenvalue weighted by Gasteiger charge is -2.14. The fourth-order valence-electron chi connectivity index (χ4n) is 1.20. The fourth-order valence-corrected chi connectivity index (χ4v) is 1.20. The summed E-state index contributed by atoms with van der Waals surface area (Å²) in [5.74, 6) is 6.76. The van der Waals surface area contributed by atoms with Crippen molar-refractivity contribution in [2.24, 2.45) is 11.8 Å². The number of ether oxygens (including phenoxy) is 1. The second-order valence-corrected chi connectivity index (χ2v) is 3.80. The Kier molecular flexibility index (Phi) is 3.77. The maximum Gasteiger partial charge on any atom is 0.143 e. The van der Waals surface area contributed by atoms with E-state index >= 15 is 0 Å². The molecule has 3 nitrogen and oxygen atoms in total. The molecule has 0 unspecified atom stereocenters. The zero-order valence-corrected chi connectivity index (χ0v) is 9.00. The standard InChI is InChI=1S/C11H18N2O/c1-8(2)7-14-10-6-4-5-9(3)11(10)13-12/h4-6,8,13H,7,12H2,1-3H3. The summed E-state index contributed by atoms with van der Waals surface area (Å²) in [6, 6.07) is 5.88. The van der Waals surface area contributed by atoms with E-state index in [0.29, 0.717) is 12.5 Å². The molecule has 0 radical (unpaired) electrons. The number of rotatable bonds is 4. The Balaban J connectivity index is 2.80. The minimum absolute atomic E-state index is 0.515. The quantitative estimate of drug-likeness (QED) is 0.571. The van der Waals surface area contributed by atoms with Crippen LogP contribution in [0.15, 0.2) is 18.2 Å². The normalized spacial score (nSPS) is 10.4. The summed E-state index contributed by atoms with van der Waals surface area (Å²) in [7, 11) is 0. The molecule has 0 saturated carbocycles. The van der Waals surface area contributed by atoms with Gasteiger partial charge in [0.25, 0.3) is 0 Å². The van der Waals surface area contributed by atoms with Gasteiger partial charge in [0, 0.05) is 0 Å². The summed E-state index contributed by atoms with van der Waals surface area (Å²) in [6.07, 6.45) is 0. The molecule has 1 aromatic carbocycles. The van der Waals surface area contributed by atoms with Crippen LogP contribution >= 0.6 is 0 Å². The molecule has 0 atom stereocenters. The van der Waals surface area contributed by atoms with Crippen LogP contribution in [0.25, 0.3) is 0 Å². The first-order valence-corrected chi connectivity index (χ1v) is 4.84. The molecule has 0 aliphatic heterocycles. The maximum absolute atomic E-state index is 5.63. The number of aryl methyl sites for hydroxylation is 1. The van der Waals surface area contributed by atoms with Gasteiger partial charge in [0.05, 0.1) is 12.3 Å². The van der Waals surface area contributed by atoms with Crippen LogP contribution in [-0.2, 0) is 0 Å². The molecule has 0 aliphatic rings. The van der Waals surface area contributed by atoms with Crippen molar-refractivity contribution in [3.8, 4) is 5.75 Å². The molecule has 0 amide bonds. The lowest BCUT2D eigenvalue weighted by Crippen LogP contribution is -2.12. The average molecular weight is 194 g/mol. The van der Waals surface area contributed by atoms with E-state index in [1.807, 2.05) is 25.1 Å². The van der Waals surface area contributed by atoms with Gasteiger partial charge in [-0.05, 0) is 24.5 Å². The zero-order valence-electron chi connectivity index (χ0n) is 9.00. The monoisotopic (exact) mass is 194 g/mol. The van der Waals surface area contributed by atoms with Crippen molar-refractivity contribution in [2.45, 2.75) is 20.8 Å². The Morgan fingerprint density at radius 1 is 1.43 bits per heavy atom. The predicted octanol–water partition coefficient (Wildman–Crippen LogP) is 2.32. The van der Waals surface area contributed by atoms with Crippen molar-refractivity contribution in [2.75, 3.05) is 12.0 Å². The smallest absolute Gasteiger partial charge is 0.143 e. The van der Waals surface area contributed by atoms with Crippen LogP contribution in [0.5, 0.6) is 5.75 Å². The Hall–Kier alpha value is -1.22. The SMILES string of the molecule is Cc1cccc(OCC(C)C)c1NN. The number of hydrazine groups is 1. The van der Waals surface area contributed by atoms with Crippen LogP contribution in [-0.4, -0.2) is 6.61 Å². The van der Waals surface area contributed by atoms with Gasteiger partial charge in [-0.2, -0.15) is 0 Å². The first kappa shape index (κ1) is 10.9. The molecule has 3 N–H and O–H groups in total. The van der Waals surface area contributed by atoms with E-state index in [0.717, 1.165) is 17.0 Å². The third-order valence-electron chi connectivity index (χ3n) is 1.95. The highest BCUT2D eigenvalue weighted by Gasteiger charge is 2.05. The predicted molar refractivity (Wildman–Crippen MR) is 59.3 cm³/mol. The van der Waals surface area contributed by atoms with Crippen molar-refractivity contribution >= 4 is 5.69 Å². The number of nitrogens with one attached hydrogen (secondary N) is 1. The highest BCUT2D eigenvalue weighted by atomic mass is 16.5. The summed E-state index contributed by atoms with van der Waals surface area (Å²) in [5, 5.41) is 0. The Morgan fingerprint density at radius 3 is 2.71 bits per heavy atom. The second-order valence-electron chi connectivity index (χ2n) is 3.80. The van der Waals surface area contributed by atoms with Gasteiger partial charge in [-0.3, -0.25) is 5.84 Å². The molecular weight excluding hydrogens is 176 g/mol. The summed E-state index contributed by atoms with van der Waals surface area (Å²) < 4.78 is 5.63. The lowest BCUT2D eigenvalue weighted by atomic mass is 10.2. The van der Waals surface area contributed by atoms with E-state index in [4.69, 9.17) is 10.6 Å². The second kappa shape index (κ2) is 4.86. The zero-order chi connectivity index (χ0) is 10.6. The van der Waals surface area contributed by atoms with Crippen LogP contribution in [0.2, 0.25) is 0 Å². The molecule has 0 spiro atoms. The van der Waals surface area contributed by atoms with Crippen LogP contribution in [0.1, 0.15) is 19.4 Å². The van der Waals surface area contributed by atoms with E-state index < -0.39 is 0 Å². The number of nitrogens with two attached hydrogens (primary N) is 1. The van der Waals surface area contributed by atoms with Crippen LogP contribution in [0, 0.1) is 12.8 Å². The first-order valence-electron chi connectivity index (χ1n) is 4.84. The van der Waals surface area contributed by atoms with Crippen LogP contribution < -0.4 is 16.0 Å². The molecule has 1 aromatic rings. The lowest BCUT2D eigenvalue weighted by molar-refractivity contribution is 0.272. The molecule has 0 aromatic heterocycles. The molecule has 0 bridgehead atoms. The highest BCUT2D eigenvalue weighted by molar-refractivity contribution is 5.60. The number of hydrogen-bond donors (Lipinski definition) is 2. The number of anilines is 1. The first-order chi connectivity index (χ1) is 6.65. The minimum Gasteiger partial charge on any atom is -0.491 e. The molecule has 0 aliphatic carbocycles.